The zero-order chi connectivity index (χ0) is 32.2. The molecule has 1 saturated carbocycles. The first kappa shape index (κ1) is 34.3. The summed E-state index contributed by atoms with van der Waals surface area (Å²) in [4.78, 5) is 29.7. The molecule has 8 nitrogen and oxygen atoms in total. The van der Waals surface area contributed by atoms with Crippen LogP contribution in [0, 0.1) is 0 Å². The van der Waals surface area contributed by atoms with Crippen LogP contribution in [0.4, 0.5) is 5.69 Å². The third kappa shape index (κ3) is 10.5. The van der Waals surface area contributed by atoms with Crippen LogP contribution in [-0.4, -0.2) is 56.6 Å². The van der Waals surface area contributed by atoms with Crippen molar-refractivity contribution in [3.8, 4) is 5.75 Å². The van der Waals surface area contributed by atoms with E-state index in [1.54, 1.807) is 41.3 Å². The first-order chi connectivity index (χ1) is 21.6. The van der Waals surface area contributed by atoms with Crippen molar-refractivity contribution < 1.29 is 22.7 Å². The van der Waals surface area contributed by atoms with E-state index in [0.717, 1.165) is 43.1 Å². The number of nitrogens with one attached hydrogen (secondary N) is 1. The molecule has 4 rings (SSSR count). The Morgan fingerprint density at radius 2 is 1.64 bits per heavy atom. The molecule has 0 heterocycles. The molecule has 2 amide bonds. The molecule has 1 aliphatic rings. The van der Waals surface area contributed by atoms with Gasteiger partial charge in [-0.2, -0.15) is 0 Å². The Morgan fingerprint density at radius 1 is 0.956 bits per heavy atom. The van der Waals surface area contributed by atoms with Gasteiger partial charge in [0.05, 0.1) is 18.6 Å². The second kappa shape index (κ2) is 16.7. The summed E-state index contributed by atoms with van der Waals surface area (Å²) in [6, 6.07) is 23.2. The molecule has 1 atom stereocenters. The molecule has 0 saturated heterocycles. The number of hydrogen-bond donors (Lipinski definition) is 1. The highest BCUT2D eigenvalue weighted by molar-refractivity contribution is 7.92. The van der Waals surface area contributed by atoms with E-state index in [0.29, 0.717) is 29.5 Å². The summed E-state index contributed by atoms with van der Waals surface area (Å²) in [5.74, 6) is 0.251. The molecule has 0 aliphatic heterocycles. The first-order valence-electron chi connectivity index (χ1n) is 15.7. The Balaban J connectivity index is 1.57. The summed E-state index contributed by atoms with van der Waals surface area (Å²) in [5, 5.41) is 3.79. The van der Waals surface area contributed by atoms with E-state index in [1.807, 2.05) is 49.4 Å². The molecule has 10 heteroatoms. The maximum atomic E-state index is 14.1. The molecule has 0 spiro atoms. The maximum Gasteiger partial charge on any atom is 0.243 e. The van der Waals surface area contributed by atoms with Gasteiger partial charge >= 0.3 is 0 Å². The minimum atomic E-state index is -3.61. The fourth-order valence-corrected chi connectivity index (χ4v) is 6.99. The minimum absolute atomic E-state index is 0.0611. The summed E-state index contributed by atoms with van der Waals surface area (Å²) in [6.45, 7) is 2.70. The van der Waals surface area contributed by atoms with Crippen LogP contribution in [0.1, 0.15) is 63.0 Å². The first-order valence-corrected chi connectivity index (χ1v) is 18.0. The van der Waals surface area contributed by atoms with Crippen molar-refractivity contribution in [3.05, 3.63) is 95.0 Å². The lowest BCUT2D eigenvalue weighted by molar-refractivity contribution is -0.141. The van der Waals surface area contributed by atoms with Crippen LogP contribution in [0.5, 0.6) is 5.75 Å². The maximum absolute atomic E-state index is 14.1. The van der Waals surface area contributed by atoms with Gasteiger partial charge in [-0.3, -0.25) is 13.9 Å². The van der Waals surface area contributed by atoms with Gasteiger partial charge in [-0.25, -0.2) is 8.42 Å². The van der Waals surface area contributed by atoms with Gasteiger partial charge in [0.25, 0.3) is 0 Å². The van der Waals surface area contributed by atoms with Gasteiger partial charge in [-0.05, 0) is 73.7 Å². The monoisotopic (exact) mass is 653 g/mol. The molecule has 45 heavy (non-hydrogen) atoms. The molecular formula is C35H44ClN3O5S. The van der Waals surface area contributed by atoms with Gasteiger partial charge in [0, 0.05) is 37.0 Å². The molecule has 0 radical (unpaired) electrons. The number of anilines is 1. The number of carbonyl (C=O) groups is 2. The average molecular weight is 654 g/mol. The van der Waals surface area contributed by atoms with Gasteiger partial charge < -0.3 is 15.0 Å². The fraction of sp³-hybridized carbons (Fsp3) is 0.429. The zero-order valence-corrected chi connectivity index (χ0v) is 27.7. The lowest BCUT2D eigenvalue weighted by atomic mass is 9.94. The van der Waals surface area contributed by atoms with E-state index in [2.05, 4.69) is 5.32 Å². The van der Waals surface area contributed by atoms with Crippen molar-refractivity contribution in [2.45, 2.75) is 76.9 Å². The third-order valence-electron chi connectivity index (χ3n) is 8.05. The number of amides is 2. The molecular weight excluding hydrogens is 610 g/mol. The Labute approximate surface area is 272 Å². The van der Waals surface area contributed by atoms with Crippen molar-refractivity contribution in [2.75, 3.05) is 23.7 Å². The van der Waals surface area contributed by atoms with Crippen molar-refractivity contribution in [3.63, 3.8) is 0 Å². The zero-order valence-electron chi connectivity index (χ0n) is 26.2. The van der Waals surface area contributed by atoms with Gasteiger partial charge in [-0.15, -0.1) is 0 Å². The summed E-state index contributed by atoms with van der Waals surface area (Å²) in [6.07, 6.45) is 7.02. The van der Waals surface area contributed by atoms with Crippen LogP contribution in [0.25, 0.3) is 0 Å². The highest BCUT2D eigenvalue weighted by Crippen LogP contribution is 2.24. The lowest BCUT2D eigenvalue weighted by Crippen LogP contribution is -2.52. The molecule has 0 unspecified atom stereocenters. The van der Waals surface area contributed by atoms with E-state index >= 15 is 0 Å². The molecule has 242 valence electrons. The number of nitrogens with zero attached hydrogens (tertiary/aromatic N) is 2. The van der Waals surface area contributed by atoms with Gasteiger partial charge in [-0.1, -0.05) is 73.3 Å². The van der Waals surface area contributed by atoms with E-state index in [4.69, 9.17) is 16.3 Å². The topological polar surface area (TPSA) is 96.0 Å². The average Bonchev–Trinajstić information content (AvgIpc) is 3.02. The Hall–Kier alpha value is -3.56. The summed E-state index contributed by atoms with van der Waals surface area (Å²) < 4.78 is 32.3. The SMILES string of the molecule is CCOc1ccc(N(CCCC(=O)N(Cc2cccc(Cl)c2)[C@@H](Cc2ccccc2)C(=O)NC2CCCCC2)S(C)(=O)=O)cc1. The van der Waals surface area contributed by atoms with Crippen molar-refractivity contribution in [2.24, 2.45) is 0 Å². The number of benzene rings is 3. The Bertz CT molecular complexity index is 1500. The van der Waals surface area contributed by atoms with Crippen LogP contribution in [-0.2, 0) is 32.6 Å². The normalized spacial score (nSPS) is 14.4. The molecule has 3 aromatic carbocycles. The van der Waals surface area contributed by atoms with Crippen LogP contribution < -0.4 is 14.4 Å². The molecule has 0 aromatic heterocycles. The lowest BCUT2D eigenvalue weighted by Gasteiger charge is -2.34. The van der Waals surface area contributed by atoms with E-state index in [9.17, 15) is 18.0 Å². The number of carbonyl (C=O) groups excluding carboxylic acids is 2. The fourth-order valence-electron chi connectivity index (χ4n) is 5.81. The smallest absolute Gasteiger partial charge is 0.243 e. The van der Waals surface area contributed by atoms with Gasteiger partial charge in [0.2, 0.25) is 21.8 Å². The Morgan fingerprint density at radius 3 is 2.29 bits per heavy atom. The van der Waals surface area contributed by atoms with Crippen molar-refractivity contribution in [1.29, 1.82) is 0 Å². The number of rotatable bonds is 15. The minimum Gasteiger partial charge on any atom is -0.494 e. The van der Waals surface area contributed by atoms with Crippen LogP contribution in [0.3, 0.4) is 0 Å². The van der Waals surface area contributed by atoms with Gasteiger partial charge in [0.1, 0.15) is 11.8 Å². The summed E-state index contributed by atoms with van der Waals surface area (Å²) in [7, 11) is -3.61. The number of ether oxygens (including phenoxy) is 1. The van der Waals surface area contributed by atoms with Crippen LogP contribution in [0.15, 0.2) is 78.9 Å². The quantitative estimate of drug-likeness (QED) is 0.206. The highest BCUT2D eigenvalue weighted by Gasteiger charge is 2.32. The van der Waals surface area contributed by atoms with Crippen molar-refractivity contribution in [1.82, 2.24) is 10.2 Å². The van der Waals surface area contributed by atoms with Crippen LogP contribution in [0.2, 0.25) is 5.02 Å². The summed E-state index contributed by atoms with van der Waals surface area (Å²) in [5.41, 5.74) is 2.26. The van der Waals surface area contributed by atoms with Gasteiger partial charge in [0.15, 0.2) is 0 Å². The molecule has 1 N–H and O–H groups in total. The number of halogens is 1. The molecule has 1 aliphatic carbocycles. The number of sulfonamides is 1. The molecule has 3 aromatic rings. The second-order valence-electron chi connectivity index (χ2n) is 11.6. The number of hydrogen-bond acceptors (Lipinski definition) is 5. The van der Waals surface area contributed by atoms with E-state index in [-0.39, 0.29) is 43.8 Å². The molecule has 0 bridgehead atoms. The summed E-state index contributed by atoms with van der Waals surface area (Å²) >= 11 is 6.30. The highest BCUT2D eigenvalue weighted by atomic mass is 35.5. The van der Waals surface area contributed by atoms with Crippen LogP contribution >= 0.6 is 11.6 Å². The predicted octanol–water partition coefficient (Wildman–Crippen LogP) is 6.37. The van der Waals surface area contributed by atoms with E-state index < -0.39 is 16.1 Å². The van der Waals surface area contributed by atoms with E-state index in [1.165, 1.54) is 10.7 Å². The predicted molar refractivity (Wildman–Crippen MR) is 180 cm³/mol. The molecule has 1 fully saturated rings. The standard InChI is InChI=1S/C35H44ClN3O5S/c1-3-44-32-21-19-31(20-22-32)39(45(2,42)43)23-11-18-34(40)38(26-28-14-10-15-29(36)24-28)33(25-27-12-6-4-7-13-27)35(41)37-30-16-8-5-9-17-30/h4,6-7,10,12-15,19-22,24,30,33H,3,5,8-9,11,16-18,23,25-26H2,1-2H3,(H,37,41)/t33-/m0/s1. The largest absolute Gasteiger partial charge is 0.494 e. The van der Waals surface area contributed by atoms with Crippen molar-refractivity contribution >= 4 is 39.1 Å². The third-order valence-corrected chi connectivity index (χ3v) is 9.48. The second-order valence-corrected chi connectivity index (χ2v) is 13.9. The Kier molecular flexibility index (Phi) is 12.7.